The number of nitrogens with zero attached hydrogens (tertiary/aromatic N) is 5. The lowest BCUT2D eigenvalue weighted by Crippen LogP contribution is -2.23. The first kappa shape index (κ1) is 17.4. The second kappa shape index (κ2) is 7.70. The Balaban J connectivity index is 1.39. The van der Waals surface area contributed by atoms with Crippen molar-refractivity contribution in [2.75, 3.05) is 7.11 Å². The average Bonchev–Trinajstić information content (AvgIpc) is 3.43. The number of amides is 1. The van der Waals surface area contributed by atoms with Gasteiger partial charge in [0.25, 0.3) is 5.91 Å². The minimum absolute atomic E-state index is 0.0987. The van der Waals surface area contributed by atoms with E-state index in [0.717, 1.165) is 17.0 Å². The Morgan fingerprint density at radius 2 is 2.07 bits per heavy atom. The summed E-state index contributed by atoms with van der Waals surface area (Å²) >= 11 is 0. The standard InChI is InChI=1S/C19H16N6O3/c1-27-15-6-4-14(5-7-15)25-10-8-16(23-25)19(26)21-12-17-22-18(24-28-17)13-3-2-9-20-11-13/h2-11H,12H2,1H3,(H,21,26). The Morgan fingerprint density at radius 3 is 2.82 bits per heavy atom. The van der Waals surface area contributed by atoms with Gasteiger partial charge in [-0.1, -0.05) is 5.16 Å². The minimum atomic E-state index is -0.339. The zero-order valence-corrected chi connectivity index (χ0v) is 14.9. The molecule has 0 spiro atoms. The van der Waals surface area contributed by atoms with E-state index < -0.39 is 0 Å². The molecule has 0 saturated carbocycles. The molecule has 1 amide bonds. The lowest BCUT2D eigenvalue weighted by atomic mass is 10.3. The fourth-order valence-electron chi connectivity index (χ4n) is 2.51. The molecule has 0 saturated heterocycles. The maximum atomic E-state index is 12.3. The Bertz CT molecular complexity index is 1070. The van der Waals surface area contributed by atoms with Gasteiger partial charge in [-0.2, -0.15) is 10.1 Å². The van der Waals surface area contributed by atoms with E-state index in [0.29, 0.717) is 11.7 Å². The summed E-state index contributed by atoms with van der Waals surface area (Å²) < 4.78 is 11.9. The molecule has 9 nitrogen and oxygen atoms in total. The van der Waals surface area contributed by atoms with Gasteiger partial charge in [0.1, 0.15) is 5.75 Å². The largest absolute Gasteiger partial charge is 0.497 e. The molecule has 0 aliphatic carbocycles. The quantitative estimate of drug-likeness (QED) is 0.550. The van der Waals surface area contributed by atoms with Crippen LogP contribution in [0.5, 0.6) is 5.75 Å². The molecule has 9 heteroatoms. The van der Waals surface area contributed by atoms with Crippen molar-refractivity contribution in [3.8, 4) is 22.8 Å². The summed E-state index contributed by atoms with van der Waals surface area (Å²) in [6.07, 6.45) is 5.01. The normalized spacial score (nSPS) is 10.6. The van der Waals surface area contributed by atoms with Crippen molar-refractivity contribution in [1.82, 2.24) is 30.2 Å². The predicted octanol–water partition coefficient (Wildman–Crippen LogP) is 2.26. The van der Waals surface area contributed by atoms with Gasteiger partial charge in [0, 0.05) is 24.2 Å². The van der Waals surface area contributed by atoms with Crippen molar-refractivity contribution < 1.29 is 14.1 Å². The number of carbonyl (C=O) groups is 1. The maximum absolute atomic E-state index is 12.3. The van der Waals surface area contributed by atoms with E-state index in [4.69, 9.17) is 9.26 Å². The fourth-order valence-corrected chi connectivity index (χ4v) is 2.51. The molecular weight excluding hydrogens is 360 g/mol. The zero-order valence-electron chi connectivity index (χ0n) is 14.9. The number of hydrogen-bond donors (Lipinski definition) is 1. The molecule has 3 heterocycles. The first-order chi connectivity index (χ1) is 13.7. The number of pyridine rings is 1. The summed E-state index contributed by atoms with van der Waals surface area (Å²) in [5.74, 6) is 1.12. The number of methoxy groups -OCH3 is 1. The fraction of sp³-hybridized carbons (Fsp3) is 0.105. The zero-order chi connectivity index (χ0) is 19.3. The molecule has 140 valence electrons. The lowest BCUT2D eigenvalue weighted by molar-refractivity contribution is 0.0941. The first-order valence-corrected chi connectivity index (χ1v) is 8.44. The molecule has 3 aromatic heterocycles. The summed E-state index contributed by atoms with van der Waals surface area (Å²) in [5, 5.41) is 10.9. The summed E-state index contributed by atoms with van der Waals surface area (Å²) in [4.78, 5) is 20.6. The molecule has 0 radical (unpaired) electrons. The summed E-state index contributed by atoms with van der Waals surface area (Å²) in [5.41, 5.74) is 1.84. The van der Waals surface area contributed by atoms with Crippen LogP contribution in [0.25, 0.3) is 17.1 Å². The highest BCUT2D eigenvalue weighted by Crippen LogP contribution is 2.15. The molecule has 0 fully saturated rings. The highest BCUT2D eigenvalue weighted by Gasteiger charge is 2.13. The van der Waals surface area contributed by atoms with Crippen molar-refractivity contribution in [2.45, 2.75) is 6.54 Å². The van der Waals surface area contributed by atoms with Gasteiger partial charge in [-0.3, -0.25) is 9.78 Å². The van der Waals surface area contributed by atoms with E-state index >= 15 is 0 Å². The summed E-state index contributed by atoms with van der Waals surface area (Å²) in [6.45, 7) is 0.0987. The Morgan fingerprint density at radius 1 is 1.21 bits per heavy atom. The molecule has 4 rings (SSSR count). The van der Waals surface area contributed by atoms with Crippen LogP contribution in [0.4, 0.5) is 0 Å². The van der Waals surface area contributed by atoms with Gasteiger partial charge < -0.3 is 14.6 Å². The molecular formula is C19H16N6O3. The molecule has 4 aromatic rings. The topological polar surface area (TPSA) is 108 Å². The molecule has 28 heavy (non-hydrogen) atoms. The van der Waals surface area contributed by atoms with E-state index in [1.807, 2.05) is 30.3 Å². The number of carbonyl (C=O) groups excluding carboxylic acids is 1. The summed E-state index contributed by atoms with van der Waals surface area (Å²) in [6, 6.07) is 12.6. The third-order valence-corrected chi connectivity index (χ3v) is 3.95. The Hall–Kier alpha value is -4.01. The monoisotopic (exact) mass is 376 g/mol. The molecule has 0 atom stereocenters. The van der Waals surface area contributed by atoms with Crippen LogP contribution in [0.3, 0.4) is 0 Å². The molecule has 0 aliphatic rings. The summed E-state index contributed by atoms with van der Waals surface area (Å²) in [7, 11) is 1.61. The molecule has 0 bridgehead atoms. The van der Waals surface area contributed by atoms with E-state index in [-0.39, 0.29) is 18.1 Å². The van der Waals surface area contributed by atoms with E-state index in [9.17, 15) is 4.79 Å². The van der Waals surface area contributed by atoms with Crippen molar-refractivity contribution in [3.05, 3.63) is 72.6 Å². The third-order valence-electron chi connectivity index (χ3n) is 3.95. The van der Waals surface area contributed by atoms with Gasteiger partial charge >= 0.3 is 0 Å². The van der Waals surface area contributed by atoms with Gasteiger partial charge in [0.2, 0.25) is 11.7 Å². The molecule has 1 aromatic carbocycles. The molecule has 0 unspecified atom stereocenters. The maximum Gasteiger partial charge on any atom is 0.272 e. The van der Waals surface area contributed by atoms with Crippen LogP contribution in [0.1, 0.15) is 16.4 Å². The van der Waals surface area contributed by atoms with Crippen LogP contribution < -0.4 is 10.1 Å². The predicted molar refractivity (Wildman–Crippen MR) is 98.8 cm³/mol. The van der Waals surface area contributed by atoms with Gasteiger partial charge in [0.05, 0.1) is 19.3 Å². The second-order valence-electron chi connectivity index (χ2n) is 5.78. The van der Waals surface area contributed by atoms with Crippen LogP contribution in [-0.4, -0.2) is 37.9 Å². The smallest absolute Gasteiger partial charge is 0.272 e. The first-order valence-electron chi connectivity index (χ1n) is 8.44. The van der Waals surface area contributed by atoms with Gasteiger partial charge in [-0.15, -0.1) is 0 Å². The number of hydrogen-bond acceptors (Lipinski definition) is 7. The van der Waals surface area contributed by atoms with Crippen LogP contribution in [0, 0.1) is 0 Å². The number of benzene rings is 1. The van der Waals surface area contributed by atoms with Crippen molar-refractivity contribution >= 4 is 5.91 Å². The van der Waals surface area contributed by atoms with Crippen LogP contribution >= 0.6 is 0 Å². The van der Waals surface area contributed by atoms with E-state index in [2.05, 4.69) is 25.5 Å². The van der Waals surface area contributed by atoms with Gasteiger partial charge in [-0.05, 0) is 42.5 Å². The lowest BCUT2D eigenvalue weighted by Gasteiger charge is -2.03. The van der Waals surface area contributed by atoms with Gasteiger partial charge in [-0.25, -0.2) is 4.68 Å². The second-order valence-corrected chi connectivity index (χ2v) is 5.78. The average molecular weight is 376 g/mol. The van der Waals surface area contributed by atoms with Crippen molar-refractivity contribution in [2.24, 2.45) is 0 Å². The Kier molecular flexibility index (Phi) is 4.79. The van der Waals surface area contributed by atoms with Crippen LogP contribution in [0.2, 0.25) is 0 Å². The Labute approximate surface area is 160 Å². The molecule has 1 N–H and O–H groups in total. The highest BCUT2D eigenvalue weighted by molar-refractivity contribution is 5.92. The number of ether oxygens (including phenoxy) is 1. The minimum Gasteiger partial charge on any atom is -0.497 e. The number of rotatable bonds is 6. The number of aromatic nitrogens is 5. The van der Waals surface area contributed by atoms with Crippen LogP contribution in [-0.2, 0) is 6.54 Å². The van der Waals surface area contributed by atoms with E-state index in [1.54, 1.807) is 42.5 Å². The van der Waals surface area contributed by atoms with Gasteiger partial charge in [0.15, 0.2) is 5.69 Å². The number of nitrogens with one attached hydrogen (secondary N) is 1. The molecule has 0 aliphatic heterocycles. The van der Waals surface area contributed by atoms with Crippen molar-refractivity contribution in [3.63, 3.8) is 0 Å². The highest BCUT2D eigenvalue weighted by atomic mass is 16.5. The SMILES string of the molecule is COc1ccc(-n2ccc(C(=O)NCc3nc(-c4cccnc4)no3)n2)cc1. The van der Waals surface area contributed by atoms with E-state index in [1.165, 1.54) is 0 Å². The van der Waals surface area contributed by atoms with Crippen LogP contribution in [0.15, 0.2) is 65.6 Å². The third kappa shape index (κ3) is 3.73. The van der Waals surface area contributed by atoms with Crippen molar-refractivity contribution in [1.29, 1.82) is 0 Å².